The standard InChI is InChI=1S/C20H31N3O2.2ClH/c1-25-19-6-4-17(5-7-19)15-23-11-8-16(9-12-23)13-22-20(24)18-3-2-10-21-14-18;;/h4-7,16,18,21H,2-3,8-15H2,1H3,(H,22,24);2*1H. The molecule has 3 rings (SSSR count). The maximum Gasteiger partial charge on any atom is 0.224 e. The van der Waals surface area contributed by atoms with Crippen molar-refractivity contribution < 1.29 is 9.53 Å². The fourth-order valence-corrected chi connectivity index (χ4v) is 3.80. The summed E-state index contributed by atoms with van der Waals surface area (Å²) in [5, 5.41) is 6.50. The summed E-state index contributed by atoms with van der Waals surface area (Å²) in [4.78, 5) is 14.7. The SMILES string of the molecule is COc1ccc(CN2CCC(CNC(=O)C3CCCNC3)CC2)cc1.Cl.Cl. The molecule has 1 aromatic carbocycles. The number of hydrogen-bond donors (Lipinski definition) is 2. The first-order chi connectivity index (χ1) is 12.2. The van der Waals surface area contributed by atoms with Crippen molar-refractivity contribution in [2.75, 3.05) is 39.8 Å². The molecule has 2 fully saturated rings. The van der Waals surface area contributed by atoms with Gasteiger partial charge in [-0.3, -0.25) is 9.69 Å². The van der Waals surface area contributed by atoms with Gasteiger partial charge in [0.05, 0.1) is 13.0 Å². The molecule has 2 N–H and O–H groups in total. The lowest BCUT2D eigenvalue weighted by atomic mass is 9.95. The van der Waals surface area contributed by atoms with Gasteiger partial charge in [0.15, 0.2) is 0 Å². The second-order valence-electron chi connectivity index (χ2n) is 7.36. The number of ether oxygens (including phenoxy) is 1. The van der Waals surface area contributed by atoms with Gasteiger partial charge in [-0.25, -0.2) is 0 Å². The maximum absolute atomic E-state index is 12.2. The van der Waals surface area contributed by atoms with Gasteiger partial charge in [-0.05, 0) is 68.9 Å². The van der Waals surface area contributed by atoms with Crippen molar-refractivity contribution in [2.45, 2.75) is 32.2 Å². The molecule has 0 bridgehead atoms. The minimum atomic E-state index is 0. The Kier molecular flexibility index (Phi) is 11.1. The second-order valence-corrected chi connectivity index (χ2v) is 7.36. The number of carbonyl (C=O) groups excluding carboxylic acids is 1. The van der Waals surface area contributed by atoms with Crippen molar-refractivity contribution in [2.24, 2.45) is 11.8 Å². The van der Waals surface area contributed by atoms with Gasteiger partial charge in [0.25, 0.3) is 0 Å². The van der Waals surface area contributed by atoms with E-state index < -0.39 is 0 Å². The summed E-state index contributed by atoms with van der Waals surface area (Å²) in [7, 11) is 1.70. The zero-order valence-corrected chi connectivity index (χ0v) is 17.7. The Balaban J connectivity index is 0.00000182. The molecule has 1 atom stereocenters. The highest BCUT2D eigenvalue weighted by Gasteiger charge is 2.23. The summed E-state index contributed by atoms with van der Waals surface area (Å²) in [5.41, 5.74) is 1.33. The molecule has 0 aromatic heterocycles. The molecule has 2 aliphatic heterocycles. The number of nitrogens with zero attached hydrogens (tertiary/aromatic N) is 1. The molecule has 27 heavy (non-hydrogen) atoms. The third-order valence-corrected chi connectivity index (χ3v) is 5.51. The Morgan fingerprint density at radius 1 is 1.19 bits per heavy atom. The highest BCUT2D eigenvalue weighted by molar-refractivity contribution is 5.85. The van der Waals surface area contributed by atoms with Crippen molar-refractivity contribution in [3.63, 3.8) is 0 Å². The van der Waals surface area contributed by atoms with Gasteiger partial charge in [-0.2, -0.15) is 0 Å². The van der Waals surface area contributed by atoms with Gasteiger partial charge in [0, 0.05) is 19.6 Å². The average molecular weight is 418 g/mol. The molecule has 2 heterocycles. The molecule has 154 valence electrons. The van der Waals surface area contributed by atoms with E-state index in [1.54, 1.807) is 7.11 Å². The summed E-state index contributed by atoms with van der Waals surface area (Å²) in [6, 6.07) is 8.34. The lowest BCUT2D eigenvalue weighted by Crippen LogP contribution is -2.43. The van der Waals surface area contributed by atoms with E-state index in [9.17, 15) is 4.79 Å². The quantitative estimate of drug-likeness (QED) is 0.746. The van der Waals surface area contributed by atoms with Gasteiger partial charge in [-0.15, -0.1) is 24.8 Å². The molecule has 5 nitrogen and oxygen atoms in total. The van der Waals surface area contributed by atoms with Crippen molar-refractivity contribution in [3.8, 4) is 5.75 Å². The smallest absolute Gasteiger partial charge is 0.224 e. The van der Waals surface area contributed by atoms with E-state index in [1.165, 1.54) is 18.4 Å². The van der Waals surface area contributed by atoms with Crippen LogP contribution in [0.5, 0.6) is 5.75 Å². The lowest BCUT2D eigenvalue weighted by Gasteiger charge is -2.32. The Hall–Kier alpha value is -1.01. The summed E-state index contributed by atoms with van der Waals surface area (Å²) in [6.45, 7) is 5.94. The van der Waals surface area contributed by atoms with E-state index in [-0.39, 0.29) is 36.6 Å². The molecule has 0 aliphatic carbocycles. The number of methoxy groups -OCH3 is 1. The van der Waals surface area contributed by atoms with Crippen LogP contribution in [0.1, 0.15) is 31.2 Å². The molecule has 2 saturated heterocycles. The van der Waals surface area contributed by atoms with Gasteiger partial charge in [0.2, 0.25) is 5.91 Å². The predicted octanol–water partition coefficient (Wildman–Crippen LogP) is 2.87. The number of benzene rings is 1. The zero-order valence-electron chi connectivity index (χ0n) is 16.1. The van der Waals surface area contributed by atoms with Crippen molar-refractivity contribution in [1.29, 1.82) is 0 Å². The van der Waals surface area contributed by atoms with E-state index in [4.69, 9.17) is 4.74 Å². The highest BCUT2D eigenvalue weighted by Crippen LogP contribution is 2.20. The Labute approximate surface area is 175 Å². The Morgan fingerprint density at radius 3 is 2.48 bits per heavy atom. The largest absolute Gasteiger partial charge is 0.497 e. The first-order valence-corrected chi connectivity index (χ1v) is 9.58. The molecule has 7 heteroatoms. The van der Waals surface area contributed by atoms with Gasteiger partial charge in [-0.1, -0.05) is 12.1 Å². The van der Waals surface area contributed by atoms with Crippen LogP contribution in [-0.4, -0.2) is 50.6 Å². The van der Waals surface area contributed by atoms with Crippen molar-refractivity contribution >= 4 is 30.7 Å². The van der Waals surface area contributed by atoms with Crippen LogP contribution < -0.4 is 15.4 Å². The van der Waals surface area contributed by atoms with Crippen LogP contribution in [0.3, 0.4) is 0 Å². The van der Waals surface area contributed by atoms with Crippen LogP contribution in [0.2, 0.25) is 0 Å². The van der Waals surface area contributed by atoms with Gasteiger partial charge < -0.3 is 15.4 Å². The van der Waals surface area contributed by atoms with Crippen LogP contribution in [0.15, 0.2) is 24.3 Å². The van der Waals surface area contributed by atoms with Crippen molar-refractivity contribution in [1.82, 2.24) is 15.5 Å². The monoisotopic (exact) mass is 417 g/mol. The third kappa shape index (κ3) is 7.49. The molecule has 1 aromatic rings. The topological polar surface area (TPSA) is 53.6 Å². The third-order valence-electron chi connectivity index (χ3n) is 5.51. The average Bonchev–Trinajstić information content (AvgIpc) is 2.68. The predicted molar refractivity (Wildman–Crippen MR) is 114 cm³/mol. The van der Waals surface area contributed by atoms with Crippen LogP contribution >= 0.6 is 24.8 Å². The molecular formula is C20H33Cl2N3O2. The number of piperidine rings is 2. The van der Waals surface area contributed by atoms with E-state index in [1.807, 2.05) is 12.1 Å². The van der Waals surface area contributed by atoms with Gasteiger partial charge in [0.1, 0.15) is 5.75 Å². The Morgan fingerprint density at radius 2 is 1.89 bits per heavy atom. The zero-order chi connectivity index (χ0) is 17.5. The van der Waals surface area contributed by atoms with E-state index in [2.05, 4.69) is 27.7 Å². The van der Waals surface area contributed by atoms with E-state index in [0.29, 0.717) is 5.92 Å². The van der Waals surface area contributed by atoms with Gasteiger partial charge >= 0.3 is 0 Å². The minimum Gasteiger partial charge on any atom is -0.497 e. The number of rotatable bonds is 6. The summed E-state index contributed by atoms with van der Waals surface area (Å²) in [5.74, 6) is 1.94. The number of nitrogens with one attached hydrogen (secondary N) is 2. The summed E-state index contributed by atoms with van der Waals surface area (Å²) < 4.78 is 5.21. The number of halogens is 2. The fraction of sp³-hybridized carbons (Fsp3) is 0.650. The first kappa shape index (κ1) is 24.0. The molecule has 0 radical (unpaired) electrons. The molecule has 0 saturated carbocycles. The van der Waals surface area contributed by atoms with Crippen LogP contribution in [-0.2, 0) is 11.3 Å². The Bertz CT molecular complexity index is 543. The number of carbonyl (C=O) groups is 1. The van der Waals surface area contributed by atoms with Crippen LogP contribution in [0, 0.1) is 11.8 Å². The number of amides is 1. The van der Waals surface area contributed by atoms with E-state index >= 15 is 0 Å². The second kappa shape index (κ2) is 12.4. The molecule has 0 spiro atoms. The van der Waals surface area contributed by atoms with Crippen LogP contribution in [0.4, 0.5) is 0 Å². The fourth-order valence-electron chi connectivity index (χ4n) is 3.80. The number of hydrogen-bond acceptors (Lipinski definition) is 4. The summed E-state index contributed by atoms with van der Waals surface area (Å²) >= 11 is 0. The van der Waals surface area contributed by atoms with Crippen LogP contribution in [0.25, 0.3) is 0 Å². The molecule has 2 aliphatic rings. The highest BCUT2D eigenvalue weighted by atomic mass is 35.5. The van der Waals surface area contributed by atoms with E-state index in [0.717, 1.165) is 57.9 Å². The first-order valence-electron chi connectivity index (χ1n) is 9.58. The number of likely N-dealkylation sites (tertiary alicyclic amines) is 1. The minimum absolute atomic E-state index is 0. The lowest BCUT2D eigenvalue weighted by molar-refractivity contribution is -0.125. The normalized spacial score (nSPS) is 20.9. The molecular weight excluding hydrogens is 385 g/mol. The van der Waals surface area contributed by atoms with Crippen molar-refractivity contribution in [3.05, 3.63) is 29.8 Å². The summed E-state index contributed by atoms with van der Waals surface area (Å²) in [6.07, 6.45) is 4.47. The molecule has 1 unspecified atom stereocenters. The maximum atomic E-state index is 12.2. The molecule has 1 amide bonds.